The number of aryl methyl sites for hydroxylation is 1. The Kier molecular flexibility index (Phi) is 2.67. The van der Waals surface area contributed by atoms with Gasteiger partial charge in [0.2, 0.25) is 0 Å². The van der Waals surface area contributed by atoms with Gasteiger partial charge in [0, 0.05) is 11.1 Å². The van der Waals surface area contributed by atoms with Gasteiger partial charge in [0.25, 0.3) is 0 Å². The highest BCUT2D eigenvalue weighted by atomic mass is 15.4. The number of nitrogen functional groups attached to an aromatic ring is 1. The third-order valence-electron chi connectivity index (χ3n) is 3.19. The predicted molar refractivity (Wildman–Crippen MR) is 75.2 cm³/mol. The second-order valence-corrected chi connectivity index (χ2v) is 4.49. The lowest BCUT2D eigenvalue weighted by Crippen LogP contribution is -2.04. The van der Waals surface area contributed by atoms with Crippen LogP contribution in [0.3, 0.4) is 0 Å². The van der Waals surface area contributed by atoms with Crippen LogP contribution in [0.4, 0.5) is 5.82 Å². The van der Waals surface area contributed by atoms with E-state index in [1.165, 1.54) is 0 Å². The molecule has 5 nitrogen and oxygen atoms in total. The number of aromatic nitrogens is 4. The fourth-order valence-electron chi connectivity index (χ4n) is 2.24. The van der Waals surface area contributed by atoms with Crippen molar-refractivity contribution in [3.8, 4) is 5.69 Å². The van der Waals surface area contributed by atoms with Crippen LogP contribution >= 0.6 is 0 Å². The molecule has 0 aliphatic heterocycles. The number of rotatable bonds is 2. The van der Waals surface area contributed by atoms with Crippen molar-refractivity contribution in [2.45, 2.75) is 20.3 Å². The van der Waals surface area contributed by atoms with E-state index in [-0.39, 0.29) is 0 Å². The summed E-state index contributed by atoms with van der Waals surface area (Å²) in [5.41, 5.74) is 9.58. The van der Waals surface area contributed by atoms with Crippen molar-refractivity contribution in [3.05, 3.63) is 41.7 Å². The largest absolute Gasteiger partial charge is 0.381 e. The smallest absolute Gasteiger partial charge is 0.169 e. The summed E-state index contributed by atoms with van der Waals surface area (Å²) in [7, 11) is 0. The zero-order valence-corrected chi connectivity index (χ0v) is 11.0. The van der Waals surface area contributed by atoms with E-state index in [1.54, 1.807) is 4.68 Å². The molecule has 0 spiro atoms. The van der Waals surface area contributed by atoms with E-state index in [1.807, 2.05) is 38.1 Å². The highest BCUT2D eigenvalue weighted by molar-refractivity contribution is 5.86. The van der Waals surface area contributed by atoms with Gasteiger partial charge in [-0.3, -0.25) is 4.98 Å². The average Bonchev–Trinajstić information content (AvgIpc) is 2.79. The minimum absolute atomic E-state index is 0.479. The van der Waals surface area contributed by atoms with Crippen LogP contribution in [0.15, 0.2) is 30.3 Å². The maximum atomic E-state index is 5.85. The topological polar surface area (TPSA) is 69.6 Å². The zero-order valence-electron chi connectivity index (χ0n) is 11.0. The molecule has 0 aliphatic carbocycles. The Morgan fingerprint density at radius 2 is 2.05 bits per heavy atom. The first kappa shape index (κ1) is 11.6. The van der Waals surface area contributed by atoms with Crippen molar-refractivity contribution in [2.75, 3.05) is 5.73 Å². The molecule has 2 heterocycles. The number of anilines is 1. The number of benzene rings is 1. The summed E-state index contributed by atoms with van der Waals surface area (Å²) < 4.78 is 1.78. The standard InChI is InChI=1S/C14H15N5/c1-3-11-14(15)17-18-19(11)12-6-4-5-10-8-7-9(2)16-13(10)12/h4-8H,3,15H2,1-2H3. The first-order valence-corrected chi connectivity index (χ1v) is 6.27. The van der Waals surface area contributed by atoms with Gasteiger partial charge in [-0.25, -0.2) is 4.68 Å². The van der Waals surface area contributed by atoms with Crippen LogP contribution in [0.5, 0.6) is 0 Å². The second-order valence-electron chi connectivity index (χ2n) is 4.49. The fraction of sp³-hybridized carbons (Fsp3) is 0.214. The molecule has 0 radical (unpaired) electrons. The molecule has 3 rings (SSSR count). The van der Waals surface area contributed by atoms with Crippen molar-refractivity contribution in [1.82, 2.24) is 20.0 Å². The molecular weight excluding hydrogens is 238 g/mol. The van der Waals surface area contributed by atoms with Crippen molar-refractivity contribution < 1.29 is 0 Å². The number of nitrogens with two attached hydrogens (primary N) is 1. The molecule has 2 N–H and O–H groups in total. The van der Waals surface area contributed by atoms with Gasteiger partial charge in [-0.15, -0.1) is 5.10 Å². The van der Waals surface area contributed by atoms with Gasteiger partial charge in [-0.2, -0.15) is 0 Å². The van der Waals surface area contributed by atoms with E-state index < -0.39 is 0 Å². The molecular formula is C14H15N5. The highest BCUT2D eigenvalue weighted by Crippen LogP contribution is 2.23. The molecule has 19 heavy (non-hydrogen) atoms. The van der Waals surface area contributed by atoms with E-state index in [0.717, 1.165) is 34.4 Å². The van der Waals surface area contributed by atoms with Crippen LogP contribution in [-0.2, 0) is 6.42 Å². The van der Waals surface area contributed by atoms with Crippen molar-refractivity contribution in [2.24, 2.45) is 0 Å². The average molecular weight is 253 g/mol. The summed E-state index contributed by atoms with van der Waals surface area (Å²) in [6.07, 6.45) is 0.779. The molecule has 0 bridgehead atoms. The Labute approximate surface area is 111 Å². The van der Waals surface area contributed by atoms with Crippen molar-refractivity contribution in [3.63, 3.8) is 0 Å². The SMILES string of the molecule is CCc1c(N)nnn1-c1cccc2ccc(C)nc12. The Bertz CT molecular complexity index is 745. The van der Waals surface area contributed by atoms with Gasteiger partial charge in [0.15, 0.2) is 5.82 Å². The molecule has 5 heteroatoms. The number of fused-ring (bicyclic) bond motifs is 1. The number of hydrogen-bond donors (Lipinski definition) is 1. The van der Waals surface area contributed by atoms with Crippen LogP contribution in [0.2, 0.25) is 0 Å². The summed E-state index contributed by atoms with van der Waals surface area (Å²) in [5, 5.41) is 9.18. The Balaban J connectivity index is 2.33. The molecule has 1 aromatic carbocycles. The minimum atomic E-state index is 0.479. The monoisotopic (exact) mass is 253 g/mol. The Morgan fingerprint density at radius 1 is 1.21 bits per heavy atom. The summed E-state index contributed by atoms with van der Waals surface area (Å²) in [4.78, 5) is 4.61. The molecule has 0 amide bonds. The summed E-state index contributed by atoms with van der Waals surface area (Å²) in [5.74, 6) is 0.479. The highest BCUT2D eigenvalue weighted by Gasteiger charge is 2.13. The normalized spacial score (nSPS) is 11.1. The second kappa shape index (κ2) is 4.35. The molecule has 0 atom stereocenters. The molecule has 0 saturated carbocycles. The third-order valence-corrected chi connectivity index (χ3v) is 3.19. The Hall–Kier alpha value is -2.43. The van der Waals surface area contributed by atoms with Crippen LogP contribution < -0.4 is 5.73 Å². The third kappa shape index (κ3) is 1.83. The number of hydrogen-bond acceptors (Lipinski definition) is 4. The Morgan fingerprint density at radius 3 is 2.84 bits per heavy atom. The lowest BCUT2D eigenvalue weighted by Gasteiger charge is -2.08. The van der Waals surface area contributed by atoms with Crippen LogP contribution in [0, 0.1) is 6.92 Å². The maximum Gasteiger partial charge on any atom is 0.169 e. The lowest BCUT2D eigenvalue weighted by molar-refractivity contribution is 0.770. The van der Waals surface area contributed by atoms with Gasteiger partial charge < -0.3 is 5.73 Å². The minimum Gasteiger partial charge on any atom is -0.381 e. The van der Waals surface area contributed by atoms with Crippen molar-refractivity contribution >= 4 is 16.7 Å². The molecule has 0 saturated heterocycles. The van der Waals surface area contributed by atoms with Gasteiger partial charge >= 0.3 is 0 Å². The zero-order chi connectivity index (χ0) is 13.4. The molecule has 0 unspecified atom stereocenters. The molecule has 96 valence electrons. The van der Waals surface area contributed by atoms with E-state index in [9.17, 15) is 0 Å². The number of pyridine rings is 1. The van der Waals surface area contributed by atoms with E-state index in [0.29, 0.717) is 5.82 Å². The first-order valence-electron chi connectivity index (χ1n) is 6.27. The van der Waals surface area contributed by atoms with Crippen LogP contribution in [0.1, 0.15) is 18.3 Å². The fourth-order valence-corrected chi connectivity index (χ4v) is 2.24. The summed E-state index contributed by atoms with van der Waals surface area (Å²) in [6.45, 7) is 4.02. The maximum absolute atomic E-state index is 5.85. The van der Waals surface area contributed by atoms with Gasteiger partial charge in [-0.05, 0) is 25.5 Å². The van der Waals surface area contributed by atoms with Gasteiger partial charge in [-0.1, -0.05) is 30.3 Å². The van der Waals surface area contributed by atoms with Gasteiger partial charge in [0.05, 0.1) is 16.9 Å². The molecule has 3 aromatic rings. The molecule has 0 fully saturated rings. The predicted octanol–water partition coefficient (Wildman–Crippen LogP) is 2.27. The lowest BCUT2D eigenvalue weighted by atomic mass is 10.1. The number of para-hydroxylation sites is 1. The van der Waals surface area contributed by atoms with Crippen molar-refractivity contribution in [1.29, 1.82) is 0 Å². The van der Waals surface area contributed by atoms with Crippen LogP contribution in [0.25, 0.3) is 16.6 Å². The quantitative estimate of drug-likeness (QED) is 0.760. The summed E-state index contributed by atoms with van der Waals surface area (Å²) in [6, 6.07) is 10.1. The molecule has 2 aromatic heterocycles. The first-order chi connectivity index (χ1) is 9.20. The number of nitrogens with zero attached hydrogens (tertiary/aromatic N) is 4. The van der Waals surface area contributed by atoms with E-state index in [4.69, 9.17) is 5.73 Å². The molecule has 0 aliphatic rings. The van der Waals surface area contributed by atoms with Gasteiger partial charge in [0.1, 0.15) is 0 Å². The van der Waals surface area contributed by atoms with E-state index >= 15 is 0 Å². The van der Waals surface area contributed by atoms with E-state index in [2.05, 4.69) is 21.4 Å². The van der Waals surface area contributed by atoms with Crippen LogP contribution in [-0.4, -0.2) is 20.0 Å². The summed E-state index contributed by atoms with van der Waals surface area (Å²) >= 11 is 0.